The zero-order chi connectivity index (χ0) is 22.2. The number of carbonyl (C=O) groups is 1. The molecule has 3 heterocycles. The molecule has 32 heavy (non-hydrogen) atoms. The Balaban J connectivity index is 1.70. The third kappa shape index (κ3) is 3.57. The number of hydrogen-bond donors (Lipinski definition) is 0. The second-order valence-corrected chi connectivity index (χ2v) is 8.80. The highest BCUT2D eigenvalue weighted by molar-refractivity contribution is 8.26. The molecule has 1 saturated heterocycles. The summed E-state index contributed by atoms with van der Waals surface area (Å²) in [7, 11) is 0. The largest absolute Gasteiger partial charge is 0.422 e. The summed E-state index contributed by atoms with van der Waals surface area (Å²) in [5, 5.41) is 5.48. The second kappa shape index (κ2) is 8.22. The van der Waals surface area contributed by atoms with Crippen molar-refractivity contribution in [3.8, 4) is 16.9 Å². The van der Waals surface area contributed by atoms with Crippen molar-refractivity contribution in [2.24, 2.45) is 0 Å². The van der Waals surface area contributed by atoms with Gasteiger partial charge in [-0.25, -0.2) is 9.48 Å². The van der Waals surface area contributed by atoms with Gasteiger partial charge in [-0.3, -0.25) is 9.69 Å². The normalized spacial score (nSPS) is 15.3. The lowest BCUT2D eigenvalue weighted by Crippen LogP contribution is -2.27. The average Bonchev–Trinajstić information content (AvgIpc) is 3.34. The van der Waals surface area contributed by atoms with Crippen molar-refractivity contribution in [3.05, 3.63) is 87.7 Å². The van der Waals surface area contributed by atoms with Crippen LogP contribution in [0.25, 0.3) is 34.0 Å². The molecule has 0 saturated carbocycles. The minimum absolute atomic E-state index is 0.147. The van der Waals surface area contributed by atoms with Crippen LogP contribution in [0.1, 0.15) is 12.5 Å². The van der Waals surface area contributed by atoms with Crippen molar-refractivity contribution in [2.75, 3.05) is 6.54 Å². The van der Waals surface area contributed by atoms with E-state index in [4.69, 9.17) is 16.6 Å². The number of fused-ring (bicyclic) bond motifs is 1. The number of likely N-dealkylation sites (N-methyl/N-ethyl adjacent to an activating group) is 1. The smallest absolute Gasteiger partial charge is 0.345 e. The minimum atomic E-state index is -0.488. The molecule has 0 unspecified atom stereocenters. The highest BCUT2D eigenvalue weighted by atomic mass is 32.2. The van der Waals surface area contributed by atoms with E-state index < -0.39 is 5.63 Å². The maximum Gasteiger partial charge on any atom is 0.345 e. The topological polar surface area (TPSA) is 68.3 Å². The summed E-state index contributed by atoms with van der Waals surface area (Å²) < 4.78 is 7.74. The highest BCUT2D eigenvalue weighted by Crippen LogP contribution is 2.34. The first-order valence-electron chi connectivity index (χ1n) is 9.99. The molecule has 0 radical (unpaired) electrons. The number of nitrogens with zero attached hydrogens (tertiary/aromatic N) is 3. The van der Waals surface area contributed by atoms with Gasteiger partial charge in [0.15, 0.2) is 0 Å². The van der Waals surface area contributed by atoms with Crippen LogP contribution in [0.5, 0.6) is 0 Å². The van der Waals surface area contributed by atoms with Crippen LogP contribution < -0.4 is 5.63 Å². The lowest BCUT2D eigenvalue weighted by Gasteiger charge is -2.09. The van der Waals surface area contributed by atoms with Gasteiger partial charge in [0.25, 0.3) is 5.91 Å². The van der Waals surface area contributed by atoms with Crippen LogP contribution >= 0.6 is 24.0 Å². The van der Waals surface area contributed by atoms with Gasteiger partial charge in [0.2, 0.25) is 0 Å². The third-order valence-corrected chi connectivity index (χ3v) is 6.51. The first kappa shape index (κ1) is 20.4. The van der Waals surface area contributed by atoms with Gasteiger partial charge in [-0.15, -0.1) is 0 Å². The Labute approximate surface area is 193 Å². The maximum atomic E-state index is 12.8. The molecule has 0 atom stereocenters. The SMILES string of the molecule is CCN1C(=O)/C(=C/c2cn(-c3ccccc3)nc2-c2cc3ccccc3oc2=O)SC1=S. The summed E-state index contributed by atoms with van der Waals surface area (Å²) in [5.41, 5.74) is 2.25. The molecule has 4 aromatic rings. The molecule has 0 bridgehead atoms. The molecule has 2 aromatic carbocycles. The van der Waals surface area contributed by atoms with Gasteiger partial charge >= 0.3 is 5.63 Å². The Bertz CT molecular complexity index is 1450. The van der Waals surface area contributed by atoms with Crippen LogP contribution in [-0.4, -0.2) is 31.5 Å². The fourth-order valence-corrected chi connectivity index (χ4v) is 4.93. The molecule has 0 spiro atoms. The van der Waals surface area contributed by atoms with Gasteiger partial charge in [0.1, 0.15) is 15.6 Å². The zero-order valence-electron chi connectivity index (χ0n) is 17.0. The number of aromatic nitrogens is 2. The van der Waals surface area contributed by atoms with Gasteiger partial charge in [-0.2, -0.15) is 5.10 Å². The third-order valence-electron chi connectivity index (χ3n) is 5.14. The first-order valence-corrected chi connectivity index (χ1v) is 11.2. The van der Waals surface area contributed by atoms with E-state index in [1.54, 1.807) is 34.0 Å². The van der Waals surface area contributed by atoms with E-state index >= 15 is 0 Å². The number of para-hydroxylation sites is 2. The summed E-state index contributed by atoms with van der Waals surface area (Å²) in [6.45, 7) is 2.39. The Morgan fingerprint density at radius 3 is 2.59 bits per heavy atom. The molecule has 0 aliphatic carbocycles. The lowest BCUT2D eigenvalue weighted by atomic mass is 10.1. The van der Waals surface area contributed by atoms with E-state index in [-0.39, 0.29) is 5.91 Å². The Morgan fingerprint density at radius 2 is 1.84 bits per heavy atom. The highest BCUT2D eigenvalue weighted by Gasteiger charge is 2.31. The van der Waals surface area contributed by atoms with Gasteiger partial charge in [-0.1, -0.05) is 60.4 Å². The summed E-state index contributed by atoms with van der Waals surface area (Å²) >= 11 is 6.58. The minimum Gasteiger partial charge on any atom is -0.422 e. The maximum absolute atomic E-state index is 12.8. The average molecular weight is 460 g/mol. The van der Waals surface area contributed by atoms with E-state index in [1.807, 2.05) is 55.5 Å². The van der Waals surface area contributed by atoms with E-state index in [9.17, 15) is 9.59 Å². The molecule has 1 fully saturated rings. The van der Waals surface area contributed by atoms with Crippen molar-refractivity contribution in [1.29, 1.82) is 0 Å². The Morgan fingerprint density at radius 1 is 1.09 bits per heavy atom. The fourth-order valence-electron chi connectivity index (χ4n) is 3.56. The quantitative estimate of drug-likeness (QED) is 0.246. The van der Waals surface area contributed by atoms with Crippen LogP contribution in [0.15, 0.2) is 81.0 Å². The van der Waals surface area contributed by atoms with E-state index in [1.165, 1.54) is 11.8 Å². The van der Waals surface area contributed by atoms with Gasteiger partial charge < -0.3 is 4.42 Å². The summed E-state index contributed by atoms with van der Waals surface area (Å²) in [6.07, 6.45) is 3.54. The van der Waals surface area contributed by atoms with Gasteiger partial charge in [0, 0.05) is 23.7 Å². The molecule has 158 valence electrons. The molecule has 1 aliphatic rings. The van der Waals surface area contributed by atoms with Crippen LogP contribution in [0.4, 0.5) is 0 Å². The summed E-state index contributed by atoms with van der Waals surface area (Å²) in [5.74, 6) is -0.147. The van der Waals surface area contributed by atoms with E-state index in [2.05, 4.69) is 5.10 Å². The fraction of sp³-hybridized carbons (Fsp3) is 0.0833. The first-order chi connectivity index (χ1) is 15.5. The molecule has 8 heteroatoms. The number of carbonyl (C=O) groups excluding carboxylic acids is 1. The van der Waals surface area contributed by atoms with Crippen molar-refractivity contribution in [1.82, 2.24) is 14.7 Å². The predicted octanol–water partition coefficient (Wildman–Crippen LogP) is 4.87. The molecule has 1 amide bonds. The Hall–Kier alpha value is -3.49. The van der Waals surface area contributed by atoms with Crippen molar-refractivity contribution in [2.45, 2.75) is 6.92 Å². The van der Waals surface area contributed by atoms with Crippen molar-refractivity contribution in [3.63, 3.8) is 0 Å². The molecule has 6 nitrogen and oxygen atoms in total. The number of thiocarbonyl (C=S) groups is 1. The standard InChI is InChI=1S/C24H17N3O3S2/c1-2-26-22(28)20(32-24(26)31)13-16-14-27(17-9-4-3-5-10-17)25-21(16)18-12-15-8-6-7-11-19(15)30-23(18)29/h3-14H,2H2,1H3/b20-13-. The second-order valence-electron chi connectivity index (χ2n) is 7.12. The molecular weight excluding hydrogens is 442 g/mol. The van der Waals surface area contributed by atoms with Crippen LogP contribution in [0, 0.1) is 0 Å². The molecule has 0 N–H and O–H groups in total. The van der Waals surface area contributed by atoms with Gasteiger partial charge in [-0.05, 0) is 37.3 Å². The molecule has 1 aliphatic heterocycles. The van der Waals surface area contributed by atoms with E-state index in [0.717, 1.165) is 11.1 Å². The molecule has 2 aromatic heterocycles. The molecular formula is C24H17N3O3S2. The Kier molecular flexibility index (Phi) is 5.24. The van der Waals surface area contributed by atoms with Crippen molar-refractivity contribution >= 4 is 51.3 Å². The monoisotopic (exact) mass is 459 g/mol. The summed E-state index contributed by atoms with van der Waals surface area (Å²) in [6, 6.07) is 18.7. The van der Waals surface area contributed by atoms with Crippen molar-refractivity contribution < 1.29 is 9.21 Å². The number of amides is 1. The van der Waals surface area contributed by atoms with Crippen LogP contribution in [0.3, 0.4) is 0 Å². The van der Waals surface area contributed by atoms with E-state index in [0.29, 0.717) is 38.2 Å². The number of benzene rings is 2. The zero-order valence-corrected chi connectivity index (χ0v) is 18.7. The van der Waals surface area contributed by atoms with Crippen LogP contribution in [-0.2, 0) is 4.79 Å². The number of rotatable bonds is 4. The lowest BCUT2D eigenvalue weighted by molar-refractivity contribution is -0.121. The predicted molar refractivity (Wildman–Crippen MR) is 131 cm³/mol. The van der Waals surface area contributed by atoms with Crippen LogP contribution in [0.2, 0.25) is 0 Å². The molecule has 5 rings (SSSR count). The van der Waals surface area contributed by atoms with Gasteiger partial charge in [0.05, 0.1) is 16.2 Å². The number of hydrogen-bond acceptors (Lipinski definition) is 6. The summed E-state index contributed by atoms with van der Waals surface area (Å²) in [4.78, 5) is 27.7. The number of thioether (sulfide) groups is 1.